The molecule has 1 unspecified atom stereocenters. The van der Waals surface area contributed by atoms with Gasteiger partial charge in [-0.15, -0.1) is 0 Å². The molecule has 1 aliphatic carbocycles. The van der Waals surface area contributed by atoms with Crippen molar-refractivity contribution in [3.05, 3.63) is 35.4 Å². The van der Waals surface area contributed by atoms with Crippen LogP contribution in [0.5, 0.6) is 0 Å². The summed E-state index contributed by atoms with van der Waals surface area (Å²) in [6.07, 6.45) is 6.47. The maximum atomic E-state index is 6.58. The summed E-state index contributed by atoms with van der Waals surface area (Å²) in [4.78, 5) is 0. The van der Waals surface area contributed by atoms with Crippen LogP contribution in [-0.4, -0.2) is 12.1 Å². The summed E-state index contributed by atoms with van der Waals surface area (Å²) in [5.74, 6) is 0. The van der Waals surface area contributed by atoms with E-state index >= 15 is 0 Å². The van der Waals surface area contributed by atoms with Crippen LogP contribution >= 0.6 is 0 Å². The van der Waals surface area contributed by atoms with Crippen molar-refractivity contribution in [3.63, 3.8) is 0 Å². The predicted molar refractivity (Wildman–Crippen MR) is 68.7 cm³/mol. The first-order valence-electron chi connectivity index (χ1n) is 6.86. The zero-order valence-corrected chi connectivity index (χ0v) is 10.2. The van der Waals surface area contributed by atoms with E-state index in [1.165, 1.54) is 43.2 Å². The molecule has 90 valence electrons. The monoisotopic (exact) mass is 228 g/mol. The lowest BCUT2D eigenvalue weighted by atomic mass is 9.71. The van der Waals surface area contributed by atoms with Crippen LogP contribution in [0.1, 0.15) is 42.9 Å². The molecule has 2 aliphatic heterocycles. The molecule has 2 heteroatoms. The first kappa shape index (κ1) is 10.1. The SMILES string of the molecule is N[C@@H]1c2ccccc2C[C@]12CC1CC[C@@H](C2)N1. The Labute approximate surface area is 103 Å². The van der Waals surface area contributed by atoms with Gasteiger partial charge in [-0.25, -0.2) is 0 Å². The van der Waals surface area contributed by atoms with Crippen molar-refractivity contribution in [2.45, 2.75) is 50.2 Å². The fourth-order valence-corrected chi connectivity index (χ4v) is 4.51. The summed E-state index contributed by atoms with van der Waals surface area (Å²) in [7, 11) is 0. The highest BCUT2D eigenvalue weighted by atomic mass is 15.0. The first-order chi connectivity index (χ1) is 8.27. The Morgan fingerprint density at radius 3 is 2.53 bits per heavy atom. The lowest BCUT2D eigenvalue weighted by molar-refractivity contribution is 0.136. The number of rotatable bonds is 0. The molecule has 2 heterocycles. The average molecular weight is 228 g/mol. The largest absolute Gasteiger partial charge is 0.323 e. The number of piperidine rings is 1. The van der Waals surface area contributed by atoms with Gasteiger partial charge in [0.25, 0.3) is 0 Å². The van der Waals surface area contributed by atoms with E-state index in [1.807, 2.05) is 0 Å². The minimum atomic E-state index is 0.267. The van der Waals surface area contributed by atoms with Crippen molar-refractivity contribution in [2.75, 3.05) is 0 Å². The average Bonchev–Trinajstić information content (AvgIpc) is 2.80. The Morgan fingerprint density at radius 1 is 1.12 bits per heavy atom. The molecule has 2 bridgehead atoms. The normalized spacial score (nSPS) is 43.0. The minimum Gasteiger partial charge on any atom is -0.323 e. The fourth-order valence-electron chi connectivity index (χ4n) is 4.51. The number of nitrogens with one attached hydrogen (secondary N) is 1. The molecule has 17 heavy (non-hydrogen) atoms. The number of hydrogen-bond acceptors (Lipinski definition) is 2. The van der Waals surface area contributed by atoms with Gasteiger partial charge >= 0.3 is 0 Å². The molecular formula is C15H20N2. The molecule has 0 aromatic heterocycles. The van der Waals surface area contributed by atoms with E-state index in [1.54, 1.807) is 0 Å². The third kappa shape index (κ3) is 1.34. The van der Waals surface area contributed by atoms with Gasteiger partial charge in [0.05, 0.1) is 0 Å². The van der Waals surface area contributed by atoms with Crippen LogP contribution < -0.4 is 11.1 Å². The van der Waals surface area contributed by atoms with Crippen LogP contribution in [0.4, 0.5) is 0 Å². The Hall–Kier alpha value is -0.860. The smallest absolute Gasteiger partial charge is 0.0359 e. The van der Waals surface area contributed by atoms with Gasteiger partial charge in [0.2, 0.25) is 0 Å². The zero-order valence-electron chi connectivity index (χ0n) is 10.2. The molecule has 4 atom stereocenters. The third-order valence-corrected chi connectivity index (χ3v) is 5.23. The van der Waals surface area contributed by atoms with E-state index < -0.39 is 0 Å². The first-order valence-corrected chi connectivity index (χ1v) is 6.86. The van der Waals surface area contributed by atoms with Gasteiger partial charge in [-0.1, -0.05) is 24.3 Å². The Morgan fingerprint density at radius 2 is 1.82 bits per heavy atom. The highest BCUT2D eigenvalue weighted by Gasteiger charge is 2.50. The van der Waals surface area contributed by atoms with Gasteiger partial charge in [0.15, 0.2) is 0 Å². The predicted octanol–water partition coefficient (Wildman–Crippen LogP) is 2.14. The van der Waals surface area contributed by atoms with E-state index in [4.69, 9.17) is 5.73 Å². The van der Waals surface area contributed by atoms with Crippen LogP contribution in [0.2, 0.25) is 0 Å². The summed E-state index contributed by atoms with van der Waals surface area (Å²) in [6, 6.07) is 10.5. The molecule has 3 aliphatic rings. The van der Waals surface area contributed by atoms with Crippen molar-refractivity contribution in [2.24, 2.45) is 11.1 Å². The van der Waals surface area contributed by atoms with Crippen molar-refractivity contribution in [1.82, 2.24) is 5.32 Å². The fraction of sp³-hybridized carbons (Fsp3) is 0.600. The molecule has 1 spiro atoms. The second-order valence-electron chi connectivity index (χ2n) is 6.26. The van der Waals surface area contributed by atoms with Crippen LogP contribution in [0.15, 0.2) is 24.3 Å². The standard InChI is InChI=1S/C15H20N2/c16-14-13-4-2-1-3-10(13)7-15(14)8-11-5-6-12(9-15)17-11/h1-4,11-12,14,17H,5-9,16H2/t11-,12?,14+,15-/m0/s1. The van der Waals surface area contributed by atoms with E-state index in [0.29, 0.717) is 5.41 Å². The highest BCUT2D eigenvalue weighted by molar-refractivity contribution is 5.38. The van der Waals surface area contributed by atoms with E-state index in [9.17, 15) is 0 Å². The van der Waals surface area contributed by atoms with Gasteiger partial charge in [-0.3, -0.25) is 0 Å². The topological polar surface area (TPSA) is 38.0 Å². The van der Waals surface area contributed by atoms with Gasteiger partial charge in [-0.05, 0) is 48.6 Å². The lowest BCUT2D eigenvalue weighted by Crippen LogP contribution is -2.47. The number of nitrogens with two attached hydrogens (primary N) is 1. The van der Waals surface area contributed by atoms with Crippen LogP contribution in [0.25, 0.3) is 0 Å². The highest BCUT2D eigenvalue weighted by Crippen LogP contribution is 2.54. The lowest BCUT2D eigenvalue weighted by Gasteiger charge is -2.41. The van der Waals surface area contributed by atoms with Gasteiger partial charge in [-0.2, -0.15) is 0 Å². The third-order valence-electron chi connectivity index (χ3n) is 5.23. The molecule has 3 N–H and O–H groups in total. The molecule has 4 rings (SSSR count). The quantitative estimate of drug-likeness (QED) is 0.714. The van der Waals surface area contributed by atoms with E-state index in [2.05, 4.69) is 29.6 Å². The molecular weight excluding hydrogens is 208 g/mol. The van der Waals surface area contributed by atoms with Gasteiger partial charge in [0.1, 0.15) is 0 Å². The molecule has 0 saturated carbocycles. The summed E-state index contributed by atoms with van der Waals surface area (Å²) in [6.45, 7) is 0. The summed E-state index contributed by atoms with van der Waals surface area (Å²) in [5.41, 5.74) is 9.85. The van der Waals surface area contributed by atoms with Gasteiger partial charge in [0, 0.05) is 18.1 Å². The van der Waals surface area contributed by atoms with Crippen molar-refractivity contribution in [1.29, 1.82) is 0 Å². The molecule has 2 nitrogen and oxygen atoms in total. The minimum absolute atomic E-state index is 0.267. The number of hydrogen-bond donors (Lipinski definition) is 2. The molecule has 2 saturated heterocycles. The second-order valence-corrected chi connectivity index (χ2v) is 6.26. The molecule has 1 aromatic rings. The van der Waals surface area contributed by atoms with Crippen molar-refractivity contribution in [3.8, 4) is 0 Å². The number of benzene rings is 1. The Balaban J connectivity index is 1.73. The van der Waals surface area contributed by atoms with Crippen molar-refractivity contribution < 1.29 is 0 Å². The second kappa shape index (κ2) is 3.33. The van der Waals surface area contributed by atoms with E-state index in [0.717, 1.165) is 12.1 Å². The van der Waals surface area contributed by atoms with Crippen molar-refractivity contribution >= 4 is 0 Å². The van der Waals surface area contributed by atoms with Crippen LogP contribution in [0.3, 0.4) is 0 Å². The summed E-state index contributed by atoms with van der Waals surface area (Å²) < 4.78 is 0. The maximum Gasteiger partial charge on any atom is 0.0359 e. The number of fused-ring (bicyclic) bond motifs is 3. The van der Waals surface area contributed by atoms with E-state index in [-0.39, 0.29) is 6.04 Å². The molecule has 1 aromatic carbocycles. The van der Waals surface area contributed by atoms with Crippen LogP contribution in [-0.2, 0) is 6.42 Å². The summed E-state index contributed by atoms with van der Waals surface area (Å²) in [5, 5.41) is 3.73. The Bertz CT molecular complexity index is 442. The Kier molecular flexibility index (Phi) is 1.98. The molecule has 0 radical (unpaired) electrons. The van der Waals surface area contributed by atoms with Gasteiger partial charge < -0.3 is 11.1 Å². The summed E-state index contributed by atoms with van der Waals surface area (Å²) >= 11 is 0. The maximum absolute atomic E-state index is 6.58. The van der Waals surface area contributed by atoms with Crippen LogP contribution in [0, 0.1) is 5.41 Å². The molecule has 2 fully saturated rings. The molecule has 0 amide bonds. The zero-order chi connectivity index (χ0) is 11.5.